The topological polar surface area (TPSA) is 18.5 Å². The molecule has 0 saturated heterocycles. The van der Waals surface area contributed by atoms with Gasteiger partial charge in [0, 0.05) is 0 Å². The Hall–Kier alpha value is -1.28. The Morgan fingerprint density at radius 2 is 1.71 bits per heavy atom. The van der Waals surface area contributed by atoms with E-state index in [1.807, 2.05) is 52.0 Å². The summed E-state index contributed by atoms with van der Waals surface area (Å²) in [6.07, 6.45) is 0. The van der Waals surface area contributed by atoms with Crippen LogP contribution in [0.4, 0.5) is 0 Å². The fourth-order valence-electron chi connectivity index (χ4n) is 1.34. The fraction of sp³-hybridized carbons (Fsp3) is 0.467. The van der Waals surface area contributed by atoms with Crippen LogP contribution in [-0.2, 0) is 4.74 Å². The summed E-state index contributed by atoms with van der Waals surface area (Å²) in [6, 6.07) is 7.95. The molecule has 0 atom stereocenters. The highest BCUT2D eigenvalue weighted by atomic mass is 16.5. The lowest BCUT2D eigenvalue weighted by atomic mass is 10.1. The maximum Gasteiger partial charge on any atom is 0.119 e. The Balaban J connectivity index is 2.35. The molecule has 0 heterocycles. The molecule has 0 N–H and O–H groups in total. The first kappa shape index (κ1) is 13.8. The Morgan fingerprint density at radius 1 is 1.12 bits per heavy atom. The van der Waals surface area contributed by atoms with E-state index in [-0.39, 0.29) is 5.60 Å². The van der Waals surface area contributed by atoms with E-state index in [2.05, 4.69) is 6.58 Å². The minimum Gasteiger partial charge on any atom is -0.491 e. The van der Waals surface area contributed by atoms with Crippen LogP contribution in [-0.4, -0.2) is 18.8 Å². The van der Waals surface area contributed by atoms with Gasteiger partial charge in [0.2, 0.25) is 0 Å². The molecule has 0 bridgehead atoms. The number of ether oxygens (including phenoxy) is 2. The molecule has 1 aromatic carbocycles. The van der Waals surface area contributed by atoms with Crippen molar-refractivity contribution >= 4 is 5.57 Å². The van der Waals surface area contributed by atoms with Gasteiger partial charge in [-0.15, -0.1) is 0 Å². The number of hydrogen-bond donors (Lipinski definition) is 0. The molecule has 0 unspecified atom stereocenters. The molecule has 0 aliphatic carbocycles. The van der Waals surface area contributed by atoms with Gasteiger partial charge in [-0.25, -0.2) is 0 Å². The molecule has 94 valence electrons. The minimum atomic E-state index is -0.104. The predicted molar refractivity (Wildman–Crippen MR) is 72.4 cm³/mol. The van der Waals surface area contributed by atoms with Gasteiger partial charge in [0.15, 0.2) is 0 Å². The molecule has 1 aromatic rings. The van der Waals surface area contributed by atoms with E-state index in [0.29, 0.717) is 13.2 Å². The van der Waals surface area contributed by atoms with Crippen LogP contribution in [0.1, 0.15) is 33.3 Å². The third-order valence-electron chi connectivity index (χ3n) is 2.23. The van der Waals surface area contributed by atoms with Crippen molar-refractivity contribution < 1.29 is 9.47 Å². The maximum absolute atomic E-state index is 5.58. The molecule has 0 fully saturated rings. The van der Waals surface area contributed by atoms with Crippen LogP contribution in [0, 0.1) is 0 Å². The van der Waals surface area contributed by atoms with Gasteiger partial charge < -0.3 is 9.47 Å². The van der Waals surface area contributed by atoms with Gasteiger partial charge in [0.25, 0.3) is 0 Å². The maximum atomic E-state index is 5.58. The number of hydrogen-bond acceptors (Lipinski definition) is 2. The van der Waals surface area contributed by atoms with Crippen molar-refractivity contribution in [1.29, 1.82) is 0 Å². The lowest BCUT2D eigenvalue weighted by Gasteiger charge is -2.19. The second-order valence-electron chi connectivity index (χ2n) is 5.11. The quantitative estimate of drug-likeness (QED) is 0.719. The average molecular weight is 234 g/mol. The highest BCUT2D eigenvalue weighted by Crippen LogP contribution is 2.17. The molecular weight excluding hydrogens is 212 g/mol. The van der Waals surface area contributed by atoms with Crippen molar-refractivity contribution in [3.05, 3.63) is 36.4 Å². The number of allylic oxidation sites excluding steroid dienone is 1. The van der Waals surface area contributed by atoms with Crippen LogP contribution in [0.2, 0.25) is 0 Å². The predicted octanol–water partition coefficient (Wildman–Crippen LogP) is 3.91. The summed E-state index contributed by atoms with van der Waals surface area (Å²) in [4.78, 5) is 0. The monoisotopic (exact) mass is 234 g/mol. The summed E-state index contributed by atoms with van der Waals surface area (Å²) in [5.41, 5.74) is 2.10. The van der Waals surface area contributed by atoms with Crippen LogP contribution < -0.4 is 4.74 Å². The van der Waals surface area contributed by atoms with Crippen molar-refractivity contribution in [3.8, 4) is 5.75 Å². The zero-order valence-electron chi connectivity index (χ0n) is 11.2. The second-order valence-corrected chi connectivity index (χ2v) is 5.11. The molecule has 0 aliphatic heterocycles. The third kappa shape index (κ3) is 5.55. The highest BCUT2D eigenvalue weighted by Gasteiger charge is 2.09. The number of rotatable bonds is 5. The molecule has 0 radical (unpaired) electrons. The molecular formula is C15H22O2. The van der Waals surface area contributed by atoms with Crippen molar-refractivity contribution in [2.75, 3.05) is 13.2 Å². The van der Waals surface area contributed by atoms with Gasteiger partial charge >= 0.3 is 0 Å². The second kappa shape index (κ2) is 5.87. The van der Waals surface area contributed by atoms with E-state index >= 15 is 0 Å². The van der Waals surface area contributed by atoms with Gasteiger partial charge in [-0.3, -0.25) is 0 Å². The molecule has 17 heavy (non-hydrogen) atoms. The fourth-order valence-corrected chi connectivity index (χ4v) is 1.34. The zero-order valence-corrected chi connectivity index (χ0v) is 11.2. The molecule has 0 saturated carbocycles. The van der Waals surface area contributed by atoms with Crippen LogP contribution in [0.15, 0.2) is 30.8 Å². The average Bonchev–Trinajstić information content (AvgIpc) is 2.24. The molecule has 2 nitrogen and oxygen atoms in total. The molecule has 0 aromatic heterocycles. The summed E-state index contributed by atoms with van der Waals surface area (Å²) >= 11 is 0. The molecule has 0 spiro atoms. The SMILES string of the molecule is C=C(C)c1ccc(OCCOC(C)(C)C)cc1. The molecule has 2 heteroatoms. The Bertz CT molecular complexity index is 358. The van der Waals surface area contributed by atoms with E-state index in [0.717, 1.165) is 16.9 Å². The van der Waals surface area contributed by atoms with Crippen LogP contribution in [0.5, 0.6) is 5.75 Å². The van der Waals surface area contributed by atoms with E-state index < -0.39 is 0 Å². The molecule has 0 amide bonds. The third-order valence-corrected chi connectivity index (χ3v) is 2.23. The van der Waals surface area contributed by atoms with Crippen molar-refractivity contribution in [2.24, 2.45) is 0 Å². The first-order valence-corrected chi connectivity index (χ1v) is 5.91. The van der Waals surface area contributed by atoms with Crippen LogP contribution in [0.25, 0.3) is 5.57 Å². The van der Waals surface area contributed by atoms with E-state index in [1.54, 1.807) is 0 Å². The van der Waals surface area contributed by atoms with Crippen LogP contribution in [0.3, 0.4) is 0 Å². The van der Waals surface area contributed by atoms with Gasteiger partial charge in [-0.1, -0.05) is 24.3 Å². The summed E-state index contributed by atoms with van der Waals surface area (Å²) in [5, 5.41) is 0. The summed E-state index contributed by atoms with van der Waals surface area (Å²) < 4.78 is 11.2. The van der Waals surface area contributed by atoms with E-state index in [4.69, 9.17) is 9.47 Å². The van der Waals surface area contributed by atoms with Gasteiger partial charge in [0.1, 0.15) is 12.4 Å². The van der Waals surface area contributed by atoms with E-state index in [1.165, 1.54) is 0 Å². The molecule has 0 aliphatic rings. The van der Waals surface area contributed by atoms with Crippen molar-refractivity contribution in [3.63, 3.8) is 0 Å². The normalized spacial score (nSPS) is 11.3. The first-order valence-electron chi connectivity index (χ1n) is 5.91. The largest absolute Gasteiger partial charge is 0.491 e. The smallest absolute Gasteiger partial charge is 0.119 e. The van der Waals surface area contributed by atoms with E-state index in [9.17, 15) is 0 Å². The summed E-state index contributed by atoms with van der Waals surface area (Å²) in [5.74, 6) is 0.868. The van der Waals surface area contributed by atoms with Crippen molar-refractivity contribution in [2.45, 2.75) is 33.3 Å². The Labute approximate surface area is 104 Å². The standard InChI is InChI=1S/C15H22O2/c1-12(2)13-6-8-14(9-7-13)16-10-11-17-15(3,4)5/h6-9H,1,10-11H2,2-5H3. The highest BCUT2D eigenvalue weighted by molar-refractivity contribution is 5.61. The lowest BCUT2D eigenvalue weighted by molar-refractivity contribution is -0.0163. The first-order chi connectivity index (χ1) is 7.88. The van der Waals surface area contributed by atoms with Gasteiger partial charge in [0.05, 0.1) is 12.2 Å². The Morgan fingerprint density at radius 3 is 2.18 bits per heavy atom. The summed E-state index contributed by atoms with van der Waals surface area (Å²) in [7, 11) is 0. The molecule has 1 rings (SSSR count). The lowest BCUT2D eigenvalue weighted by Crippen LogP contribution is -2.22. The minimum absolute atomic E-state index is 0.104. The summed E-state index contributed by atoms with van der Waals surface area (Å²) in [6.45, 7) is 13.2. The van der Waals surface area contributed by atoms with Gasteiger partial charge in [-0.2, -0.15) is 0 Å². The Kier molecular flexibility index (Phi) is 4.76. The van der Waals surface area contributed by atoms with Crippen LogP contribution >= 0.6 is 0 Å². The zero-order chi connectivity index (χ0) is 12.9. The van der Waals surface area contributed by atoms with Gasteiger partial charge in [-0.05, 0) is 45.4 Å². The number of benzene rings is 1. The van der Waals surface area contributed by atoms with Crippen molar-refractivity contribution in [1.82, 2.24) is 0 Å².